The van der Waals surface area contributed by atoms with E-state index in [9.17, 15) is 14.9 Å². The first-order chi connectivity index (χ1) is 8.47. The van der Waals surface area contributed by atoms with Crippen LogP contribution >= 0.6 is 11.6 Å². The van der Waals surface area contributed by atoms with Gasteiger partial charge in [-0.3, -0.25) is 14.9 Å². The number of nitro benzene ring substituents is 1. The Bertz CT molecular complexity index is 500. The lowest BCUT2D eigenvalue weighted by Crippen LogP contribution is -2.50. The standard InChI is InChI=1S/C11H12ClN3O3/c12-10-2-1-8(15(17)18)5-9(10)11(16)14-7-3-6(13)4-7/h1-2,5-7H,3-4,13H2,(H,14,16). The van der Waals surface area contributed by atoms with Crippen molar-refractivity contribution >= 4 is 23.2 Å². The van der Waals surface area contributed by atoms with E-state index >= 15 is 0 Å². The maximum Gasteiger partial charge on any atom is 0.270 e. The molecule has 0 radical (unpaired) electrons. The van der Waals surface area contributed by atoms with E-state index in [2.05, 4.69) is 5.32 Å². The maximum absolute atomic E-state index is 11.9. The lowest BCUT2D eigenvalue weighted by molar-refractivity contribution is -0.384. The average molecular weight is 270 g/mol. The summed E-state index contributed by atoms with van der Waals surface area (Å²) in [4.78, 5) is 22.0. The summed E-state index contributed by atoms with van der Waals surface area (Å²) in [6, 6.07) is 3.94. The number of benzene rings is 1. The summed E-state index contributed by atoms with van der Waals surface area (Å²) in [7, 11) is 0. The van der Waals surface area contributed by atoms with E-state index in [1.54, 1.807) is 0 Å². The van der Waals surface area contributed by atoms with Crippen molar-refractivity contribution in [2.24, 2.45) is 5.73 Å². The second-order valence-electron chi connectivity index (χ2n) is 4.32. The van der Waals surface area contributed by atoms with Crippen LogP contribution in [0.25, 0.3) is 0 Å². The summed E-state index contributed by atoms with van der Waals surface area (Å²) >= 11 is 5.86. The van der Waals surface area contributed by atoms with Crippen LogP contribution in [0.5, 0.6) is 0 Å². The molecule has 0 saturated heterocycles. The van der Waals surface area contributed by atoms with Crippen LogP contribution in [0.2, 0.25) is 5.02 Å². The number of carbonyl (C=O) groups is 1. The fourth-order valence-corrected chi connectivity index (χ4v) is 2.05. The first kappa shape index (κ1) is 12.8. The maximum atomic E-state index is 11.9. The molecule has 1 aromatic rings. The van der Waals surface area contributed by atoms with E-state index in [1.807, 2.05) is 0 Å². The van der Waals surface area contributed by atoms with Crippen LogP contribution in [0.4, 0.5) is 5.69 Å². The summed E-state index contributed by atoms with van der Waals surface area (Å²) in [5.41, 5.74) is 5.57. The monoisotopic (exact) mass is 269 g/mol. The van der Waals surface area contributed by atoms with Crippen LogP contribution in [-0.4, -0.2) is 22.9 Å². The number of nitrogens with one attached hydrogen (secondary N) is 1. The van der Waals surface area contributed by atoms with Gasteiger partial charge in [-0.15, -0.1) is 0 Å². The molecule has 18 heavy (non-hydrogen) atoms. The lowest BCUT2D eigenvalue weighted by Gasteiger charge is -2.33. The predicted octanol–water partition coefficient (Wildman–Crippen LogP) is 1.47. The van der Waals surface area contributed by atoms with Crippen molar-refractivity contribution in [2.45, 2.75) is 24.9 Å². The number of halogens is 1. The van der Waals surface area contributed by atoms with Crippen molar-refractivity contribution in [3.8, 4) is 0 Å². The van der Waals surface area contributed by atoms with Crippen molar-refractivity contribution in [1.29, 1.82) is 0 Å². The highest BCUT2D eigenvalue weighted by Gasteiger charge is 2.28. The molecule has 1 aliphatic carbocycles. The van der Waals surface area contributed by atoms with Crippen LogP contribution < -0.4 is 11.1 Å². The fourth-order valence-electron chi connectivity index (χ4n) is 1.84. The number of nitrogens with two attached hydrogens (primary N) is 1. The molecule has 0 unspecified atom stereocenters. The molecule has 0 heterocycles. The molecule has 0 aliphatic heterocycles. The zero-order valence-corrected chi connectivity index (χ0v) is 10.2. The number of rotatable bonds is 3. The van der Waals surface area contributed by atoms with Gasteiger partial charge in [-0.05, 0) is 18.9 Å². The molecular formula is C11H12ClN3O3. The van der Waals surface area contributed by atoms with Crippen molar-refractivity contribution in [2.75, 3.05) is 0 Å². The van der Waals surface area contributed by atoms with Crippen LogP contribution in [0.3, 0.4) is 0 Å². The Morgan fingerprint density at radius 1 is 1.50 bits per heavy atom. The Kier molecular flexibility index (Phi) is 3.49. The third-order valence-corrected chi connectivity index (χ3v) is 3.24. The first-order valence-corrected chi connectivity index (χ1v) is 5.85. The van der Waals surface area contributed by atoms with Gasteiger partial charge < -0.3 is 11.1 Å². The smallest absolute Gasteiger partial charge is 0.270 e. The molecule has 1 saturated carbocycles. The quantitative estimate of drug-likeness (QED) is 0.641. The van der Waals surface area contributed by atoms with Crippen molar-refractivity contribution in [3.05, 3.63) is 38.9 Å². The molecule has 1 aromatic carbocycles. The third-order valence-electron chi connectivity index (χ3n) is 2.92. The molecule has 1 amide bonds. The molecule has 1 aliphatic rings. The van der Waals surface area contributed by atoms with Gasteiger partial charge in [0, 0.05) is 24.2 Å². The molecular weight excluding hydrogens is 258 g/mol. The molecule has 7 heteroatoms. The molecule has 0 spiro atoms. The zero-order valence-electron chi connectivity index (χ0n) is 9.43. The van der Waals surface area contributed by atoms with Gasteiger partial charge in [-0.1, -0.05) is 11.6 Å². The molecule has 0 bridgehead atoms. The number of nitro groups is 1. The van der Waals surface area contributed by atoms with Gasteiger partial charge in [0.2, 0.25) is 0 Å². The van der Waals surface area contributed by atoms with Crippen molar-refractivity contribution in [3.63, 3.8) is 0 Å². The van der Waals surface area contributed by atoms with E-state index in [0.29, 0.717) is 0 Å². The van der Waals surface area contributed by atoms with Gasteiger partial charge in [-0.25, -0.2) is 0 Å². The normalized spacial score (nSPS) is 22.1. The Hall–Kier alpha value is -1.66. The van der Waals surface area contributed by atoms with Gasteiger partial charge >= 0.3 is 0 Å². The minimum absolute atomic E-state index is 0.0304. The Balaban J connectivity index is 2.13. The summed E-state index contributed by atoms with van der Waals surface area (Å²) < 4.78 is 0. The van der Waals surface area contributed by atoms with Crippen LogP contribution in [0.1, 0.15) is 23.2 Å². The highest BCUT2D eigenvalue weighted by Crippen LogP contribution is 2.23. The van der Waals surface area contributed by atoms with E-state index in [4.69, 9.17) is 17.3 Å². The van der Waals surface area contributed by atoms with E-state index < -0.39 is 10.8 Å². The summed E-state index contributed by atoms with van der Waals surface area (Å²) in [6.07, 6.45) is 1.44. The summed E-state index contributed by atoms with van der Waals surface area (Å²) in [6.45, 7) is 0. The number of nitrogens with zero attached hydrogens (tertiary/aromatic N) is 1. The van der Waals surface area contributed by atoms with Crippen molar-refractivity contribution < 1.29 is 9.72 Å². The molecule has 0 atom stereocenters. The molecule has 96 valence electrons. The Labute approximate surface area is 108 Å². The van der Waals surface area contributed by atoms with Gasteiger partial charge in [0.1, 0.15) is 0 Å². The zero-order chi connectivity index (χ0) is 13.3. The topological polar surface area (TPSA) is 98.3 Å². The Morgan fingerprint density at radius 2 is 2.17 bits per heavy atom. The second kappa shape index (κ2) is 4.91. The first-order valence-electron chi connectivity index (χ1n) is 5.47. The summed E-state index contributed by atoms with van der Waals surface area (Å²) in [5, 5.41) is 13.6. The van der Waals surface area contributed by atoms with E-state index in [0.717, 1.165) is 12.8 Å². The lowest BCUT2D eigenvalue weighted by atomic mass is 9.87. The number of amides is 1. The van der Waals surface area contributed by atoms with Gasteiger partial charge in [-0.2, -0.15) is 0 Å². The minimum atomic E-state index is -0.563. The minimum Gasteiger partial charge on any atom is -0.349 e. The fraction of sp³-hybridized carbons (Fsp3) is 0.364. The number of carbonyl (C=O) groups excluding carboxylic acids is 1. The van der Waals surface area contributed by atoms with Crippen LogP contribution in [0.15, 0.2) is 18.2 Å². The van der Waals surface area contributed by atoms with E-state index in [-0.39, 0.29) is 28.4 Å². The summed E-state index contributed by atoms with van der Waals surface area (Å²) in [5.74, 6) is -0.402. The Morgan fingerprint density at radius 3 is 2.72 bits per heavy atom. The van der Waals surface area contributed by atoms with Gasteiger partial charge in [0.25, 0.3) is 11.6 Å². The molecule has 6 nitrogen and oxygen atoms in total. The predicted molar refractivity (Wildman–Crippen MR) is 66.6 cm³/mol. The molecule has 0 aromatic heterocycles. The largest absolute Gasteiger partial charge is 0.349 e. The van der Waals surface area contributed by atoms with E-state index in [1.165, 1.54) is 18.2 Å². The van der Waals surface area contributed by atoms with Crippen LogP contribution in [0, 0.1) is 10.1 Å². The number of hydrogen-bond donors (Lipinski definition) is 2. The molecule has 2 rings (SSSR count). The molecule has 1 fully saturated rings. The third kappa shape index (κ3) is 2.60. The van der Waals surface area contributed by atoms with Crippen molar-refractivity contribution in [1.82, 2.24) is 5.32 Å². The average Bonchev–Trinajstić information content (AvgIpc) is 2.27. The SMILES string of the molecule is NC1CC(NC(=O)c2cc([N+](=O)[O-])ccc2Cl)C1. The highest BCUT2D eigenvalue weighted by atomic mass is 35.5. The van der Waals surface area contributed by atoms with Gasteiger partial charge in [0.15, 0.2) is 0 Å². The van der Waals surface area contributed by atoms with Crippen LogP contribution in [-0.2, 0) is 0 Å². The molecule has 3 N–H and O–H groups in total. The number of hydrogen-bond acceptors (Lipinski definition) is 4. The number of non-ortho nitro benzene ring substituents is 1. The van der Waals surface area contributed by atoms with Gasteiger partial charge in [0.05, 0.1) is 15.5 Å². The highest BCUT2D eigenvalue weighted by molar-refractivity contribution is 6.33. The second-order valence-corrected chi connectivity index (χ2v) is 4.73.